The van der Waals surface area contributed by atoms with E-state index in [0.29, 0.717) is 12.8 Å². The third kappa shape index (κ3) is 5.10. The normalized spacial score (nSPS) is 60.6. The molecule has 4 heterocycles. The van der Waals surface area contributed by atoms with Crippen LogP contribution in [0.1, 0.15) is 99.8 Å². The van der Waals surface area contributed by atoms with E-state index in [9.17, 15) is 35.7 Å². The molecule has 0 aromatic heterocycles. The van der Waals surface area contributed by atoms with Crippen molar-refractivity contribution in [1.29, 1.82) is 0 Å². The van der Waals surface area contributed by atoms with Gasteiger partial charge in [0, 0.05) is 19.4 Å². The van der Waals surface area contributed by atoms with Crippen molar-refractivity contribution in [3.63, 3.8) is 0 Å². The first-order chi connectivity index (χ1) is 25.6. The Bertz CT molecular complexity index is 1510. The first kappa shape index (κ1) is 39.9. The Morgan fingerprint density at radius 3 is 2.09 bits per heavy atom. The van der Waals surface area contributed by atoms with Crippen LogP contribution in [-0.4, -0.2) is 141 Å². The summed E-state index contributed by atoms with van der Waals surface area (Å²) in [5.41, 5.74) is -1.80. The zero-order valence-electron chi connectivity index (χ0n) is 33.7. The Balaban J connectivity index is 0.974. The van der Waals surface area contributed by atoms with Crippen molar-refractivity contribution in [2.45, 2.75) is 191 Å². The summed E-state index contributed by atoms with van der Waals surface area (Å²) in [4.78, 5) is 0. The van der Waals surface area contributed by atoms with Crippen LogP contribution in [0, 0.1) is 50.7 Å². The number of hydrogen-bond acceptors (Lipinski definition) is 14. The molecule has 4 aliphatic heterocycles. The molecule has 2 bridgehead atoms. The highest BCUT2D eigenvalue weighted by Crippen LogP contribution is 2.90. The predicted molar refractivity (Wildman–Crippen MR) is 191 cm³/mol. The second-order valence-electron chi connectivity index (χ2n) is 21.1. The fourth-order valence-electron chi connectivity index (χ4n) is 15.4. The highest BCUT2D eigenvalue weighted by molar-refractivity contribution is 5.34. The van der Waals surface area contributed by atoms with Crippen molar-refractivity contribution >= 4 is 0 Å². The molecule has 0 aromatic rings. The lowest BCUT2D eigenvalue weighted by atomic mass is 9.41. The first-order valence-electron chi connectivity index (χ1n) is 20.9. The Hall–Kier alpha value is -0.560. The van der Waals surface area contributed by atoms with E-state index in [-0.39, 0.29) is 69.6 Å². The molecule has 5 aliphatic carbocycles. The second-order valence-corrected chi connectivity index (χ2v) is 21.1. The summed E-state index contributed by atoms with van der Waals surface area (Å²) in [5.74, 6) is -0.287. The largest absolute Gasteiger partial charge is 0.393 e. The van der Waals surface area contributed by atoms with E-state index in [2.05, 4.69) is 34.6 Å². The fourth-order valence-corrected chi connectivity index (χ4v) is 15.4. The van der Waals surface area contributed by atoms with Crippen LogP contribution in [0.4, 0.5) is 0 Å². The molecule has 3 spiro atoms. The zero-order valence-corrected chi connectivity index (χ0v) is 33.7. The second kappa shape index (κ2) is 12.5. The van der Waals surface area contributed by atoms with E-state index >= 15 is 0 Å². The van der Waals surface area contributed by atoms with Gasteiger partial charge in [-0.15, -0.1) is 0 Å². The smallest absolute Gasteiger partial charge is 0.190 e. The van der Waals surface area contributed by atoms with Crippen molar-refractivity contribution in [3.8, 4) is 0 Å². The van der Waals surface area contributed by atoms with Crippen molar-refractivity contribution in [1.82, 2.24) is 0 Å². The SMILES string of the molecule is COC1OC(OC(C)(C)[C@H]2O[C@]34C[C@@]5(C)[C@@H]6[C@@H](O)C[C@H]7C(C)(C)[C@@H](OC8OCC(O)C(O)C8O)CC[C@@]78C[C@@]68CC[C@]5(C)[C@H]3[C@H](C)CC2O4)C(O)C(O)C1O. The van der Waals surface area contributed by atoms with E-state index in [4.69, 9.17) is 33.2 Å². The van der Waals surface area contributed by atoms with Gasteiger partial charge >= 0.3 is 0 Å². The van der Waals surface area contributed by atoms with E-state index in [1.54, 1.807) is 0 Å². The van der Waals surface area contributed by atoms with E-state index in [1.807, 2.05) is 13.8 Å². The lowest BCUT2D eigenvalue weighted by Gasteiger charge is -2.64. The molecule has 5 saturated carbocycles. The molecule has 9 aliphatic rings. The molecule has 314 valence electrons. The van der Waals surface area contributed by atoms with Crippen LogP contribution in [-0.2, 0) is 33.2 Å². The van der Waals surface area contributed by atoms with Crippen LogP contribution in [0.2, 0.25) is 0 Å². The molecule has 0 radical (unpaired) electrons. The summed E-state index contributed by atoms with van der Waals surface area (Å²) < 4.78 is 44.0. The van der Waals surface area contributed by atoms with Gasteiger partial charge in [0.25, 0.3) is 0 Å². The number of aliphatic hydroxyl groups excluding tert-OH is 7. The average Bonchev–Trinajstić information content (AvgIpc) is 3.58. The Labute approximate surface area is 324 Å². The maximum atomic E-state index is 12.6. The molecule has 10 unspecified atom stereocenters. The number of methoxy groups -OCH3 is 1. The Kier molecular flexibility index (Phi) is 9.06. The molecule has 4 saturated heterocycles. The van der Waals surface area contributed by atoms with Gasteiger partial charge in [-0.1, -0.05) is 34.6 Å². The molecule has 14 heteroatoms. The monoisotopic (exact) mass is 782 g/mol. The zero-order chi connectivity index (χ0) is 39.6. The third-order valence-electron chi connectivity index (χ3n) is 17.9. The van der Waals surface area contributed by atoms with Crippen LogP contribution in [0.15, 0.2) is 0 Å². The summed E-state index contributed by atoms with van der Waals surface area (Å²) in [6.07, 6.45) is -6.45. The summed E-state index contributed by atoms with van der Waals surface area (Å²) in [6, 6.07) is 0. The van der Waals surface area contributed by atoms with E-state index < -0.39 is 79.1 Å². The average molecular weight is 783 g/mol. The van der Waals surface area contributed by atoms with Crippen molar-refractivity contribution in [2.75, 3.05) is 13.7 Å². The standard InChI is InChI=1S/C41H66O14/c1-18-13-21-31(36(4,5)55-34-28(48)25(45)27(47)32(49-8)52-34)54-41(53-21)16-38(7)30-19(42)14-22-35(2,3)23(51-33-26(46)24(44)20(43)15-50-33)9-10-39(22)17-40(30,39)12-11-37(38,6)29(18)41/h18-34,42-48H,9-17H2,1-8H3/t18-,19+,20?,21?,22+,23+,24?,25?,26?,27?,28?,29-,30+,31+,32?,33?,34?,37-,38+,39-,40+,41-/m1/s1. The quantitative estimate of drug-likeness (QED) is 0.191. The van der Waals surface area contributed by atoms with Gasteiger partial charge in [-0.05, 0) is 104 Å². The summed E-state index contributed by atoms with van der Waals surface area (Å²) >= 11 is 0. The highest BCUT2D eigenvalue weighted by atomic mass is 16.8. The van der Waals surface area contributed by atoms with Crippen LogP contribution in [0.25, 0.3) is 0 Å². The van der Waals surface area contributed by atoms with Gasteiger partial charge in [-0.25, -0.2) is 0 Å². The van der Waals surface area contributed by atoms with E-state index in [0.717, 1.165) is 38.5 Å². The molecule has 9 fully saturated rings. The summed E-state index contributed by atoms with van der Waals surface area (Å²) in [6.45, 7) is 15.3. The number of fused-ring (bicyclic) bond motifs is 4. The molecule has 7 N–H and O–H groups in total. The molecule has 22 atom stereocenters. The van der Waals surface area contributed by atoms with Gasteiger partial charge in [0.1, 0.15) is 42.7 Å². The van der Waals surface area contributed by atoms with Gasteiger partial charge in [0.2, 0.25) is 0 Å². The topological polar surface area (TPSA) is 206 Å². The lowest BCUT2D eigenvalue weighted by Crippen LogP contribution is -2.63. The summed E-state index contributed by atoms with van der Waals surface area (Å²) in [5, 5.41) is 75.4. The lowest BCUT2D eigenvalue weighted by molar-refractivity contribution is -0.368. The minimum absolute atomic E-state index is 0.0299. The van der Waals surface area contributed by atoms with Crippen molar-refractivity contribution in [3.05, 3.63) is 0 Å². The van der Waals surface area contributed by atoms with Gasteiger partial charge in [-0.3, -0.25) is 0 Å². The van der Waals surface area contributed by atoms with Crippen LogP contribution in [0.3, 0.4) is 0 Å². The van der Waals surface area contributed by atoms with Gasteiger partial charge in [0.05, 0.1) is 30.5 Å². The number of rotatable bonds is 6. The van der Waals surface area contributed by atoms with Gasteiger partial charge < -0.3 is 68.9 Å². The minimum atomic E-state index is -1.52. The van der Waals surface area contributed by atoms with Crippen LogP contribution < -0.4 is 0 Å². The maximum Gasteiger partial charge on any atom is 0.190 e. The van der Waals surface area contributed by atoms with Crippen LogP contribution >= 0.6 is 0 Å². The molecule has 55 heavy (non-hydrogen) atoms. The minimum Gasteiger partial charge on any atom is -0.393 e. The van der Waals surface area contributed by atoms with E-state index in [1.165, 1.54) is 7.11 Å². The van der Waals surface area contributed by atoms with Crippen LogP contribution in [0.5, 0.6) is 0 Å². The Morgan fingerprint density at radius 1 is 0.691 bits per heavy atom. The first-order valence-corrected chi connectivity index (χ1v) is 20.9. The molecule has 9 rings (SSSR count). The summed E-state index contributed by atoms with van der Waals surface area (Å²) in [7, 11) is 1.36. The van der Waals surface area contributed by atoms with Crippen molar-refractivity contribution < 1.29 is 68.9 Å². The third-order valence-corrected chi connectivity index (χ3v) is 17.9. The number of ether oxygens (including phenoxy) is 7. The van der Waals surface area contributed by atoms with Gasteiger partial charge in [0.15, 0.2) is 24.7 Å². The molecular weight excluding hydrogens is 716 g/mol. The predicted octanol–water partition coefficient (Wildman–Crippen LogP) is 1.56. The number of hydrogen-bond donors (Lipinski definition) is 7. The fraction of sp³-hybridized carbons (Fsp3) is 1.00. The molecular formula is C41H66O14. The Morgan fingerprint density at radius 2 is 1.38 bits per heavy atom. The maximum absolute atomic E-state index is 12.6. The van der Waals surface area contributed by atoms with Crippen molar-refractivity contribution in [2.24, 2.45) is 50.7 Å². The molecule has 0 aromatic carbocycles. The highest BCUT2D eigenvalue weighted by Gasteiger charge is 2.87. The molecule has 0 amide bonds. The molecule has 14 nitrogen and oxygen atoms in total. The number of aliphatic hydroxyl groups is 7. The van der Waals surface area contributed by atoms with Gasteiger partial charge in [-0.2, -0.15) is 0 Å².